The summed E-state index contributed by atoms with van der Waals surface area (Å²) < 4.78 is 43.7. The standard InChI is InChI=1S/C31H28F3N3O3/c1-40-28-13-7-3-8-21(28)18-19-35-29(38)27-12-6-5-11-26(27)25-10-4-2-9-22(25)20-36-30(39)37-24-16-14-23(15-17-24)31(32,33)34/h2-17H,18-20H2,1H3,(H,35,38)(H2,36,37,39). The van der Waals surface area contributed by atoms with Gasteiger partial charge in [-0.2, -0.15) is 13.2 Å². The summed E-state index contributed by atoms with van der Waals surface area (Å²) in [7, 11) is 1.61. The highest BCUT2D eigenvalue weighted by Gasteiger charge is 2.30. The number of amides is 3. The molecule has 0 heterocycles. The average Bonchev–Trinajstić information content (AvgIpc) is 2.96. The van der Waals surface area contributed by atoms with Crippen LogP contribution in [0.25, 0.3) is 11.1 Å². The summed E-state index contributed by atoms with van der Waals surface area (Å²) in [6.45, 7) is 0.549. The fraction of sp³-hybridized carbons (Fsp3) is 0.161. The molecule has 0 unspecified atom stereocenters. The zero-order chi connectivity index (χ0) is 28.5. The first kappa shape index (κ1) is 28.2. The first-order chi connectivity index (χ1) is 19.3. The lowest BCUT2D eigenvalue weighted by Gasteiger charge is -2.15. The Morgan fingerprint density at radius 3 is 2.08 bits per heavy atom. The molecule has 4 aromatic carbocycles. The number of rotatable bonds is 9. The van der Waals surface area contributed by atoms with Gasteiger partial charge in [-0.15, -0.1) is 0 Å². The van der Waals surface area contributed by atoms with E-state index in [0.717, 1.165) is 34.6 Å². The molecule has 0 spiro atoms. The maximum Gasteiger partial charge on any atom is 0.416 e. The van der Waals surface area contributed by atoms with Crippen LogP contribution in [0.4, 0.5) is 23.7 Å². The maximum absolute atomic E-state index is 13.2. The minimum absolute atomic E-state index is 0.131. The van der Waals surface area contributed by atoms with Gasteiger partial charge < -0.3 is 20.7 Å². The summed E-state index contributed by atoms with van der Waals surface area (Å²) >= 11 is 0. The summed E-state index contributed by atoms with van der Waals surface area (Å²) in [6.07, 6.45) is -3.85. The number of hydrogen-bond donors (Lipinski definition) is 3. The average molecular weight is 548 g/mol. The predicted octanol–water partition coefficient (Wildman–Crippen LogP) is 6.68. The van der Waals surface area contributed by atoms with Crippen molar-refractivity contribution >= 4 is 17.6 Å². The number of carbonyl (C=O) groups is 2. The van der Waals surface area contributed by atoms with E-state index in [4.69, 9.17) is 4.74 Å². The summed E-state index contributed by atoms with van der Waals surface area (Å²) in [6, 6.07) is 25.9. The van der Waals surface area contributed by atoms with E-state index in [0.29, 0.717) is 24.1 Å². The van der Waals surface area contributed by atoms with E-state index in [2.05, 4.69) is 16.0 Å². The van der Waals surface area contributed by atoms with Crippen molar-refractivity contribution in [2.45, 2.75) is 19.1 Å². The van der Waals surface area contributed by atoms with Gasteiger partial charge in [-0.1, -0.05) is 60.7 Å². The van der Waals surface area contributed by atoms with Crippen LogP contribution >= 0.6 is 0 Å². The van der Waals surface area contributed by atoms with Crippen molar-refractivity contribution in [3.8, 4) is 16.9 Å². The van der Waals surface area contributed by atoms with Crippen LogP contribution in [0.15, 0.2) is 97.1 Å². The third-order valence-electron chi connectivity index (χ3n) is 6.26. The molecule has 0 bridgehead atoms. The smallest absolute Gasteiger partial charge is 0.416 e. The molecule has 3 N–H and O–H groups in total. The van der Waals surface area contributed by atoms with Crippen LogP contribution in [0, 0.1) is 0 Å². The van der Waals surface area contributed by atoms with Crippen molar-refractivity contribution in [2.75, 3.05) is 19.0 Å². The van der Waals surface area contributed by atoms with Crippen LogP contribution in [0.3, 0.4) is 0 Å². The normalized spacial score (nSPS) is 11.0. The van der Waals surface area contributed by atoms with Crippen LogP contribution in [-0.2, 0) is 19.1 Å². The van der Waals surface area contributed by atoms with Crippen LogP contribution in [-0.4, -0.2) is 25.6 Å². The SMILES string of the molecule is COc1ccccc1CCNC(=O)c1ccccc1-c1ccccc1CNC(=O)Nc1ccc(C(F)(F)F)cc1. The Kier molecular flexibility index (Phi) is 9.06. The molecule has 4 aromatic rings. The quantitative estimate of drug-likeness (QED) is 0.219. The van der Waals surface area contributed by atoms with Crippen molar-refractivity contribution in [3.05, 3.63) is 119 Å². The van der Waals surface area contributed by atoms with Crippen molar-refractivity contribution in [3.63, 3.8) is 0 Å². The third kappa shape index (κ3) is 7.19. The number of urea groups is 1. The van der Waals surface area contributed by atoms with Gasteiger partial charge in [0.15, 0.2) is 0 Å². The monoisotopic (exact) mass is 547 g/mol. The van der Waals surface area contributed by atoms with Gasteiger partial charge in [0, 0.05) is 24.3 Å². The van der Waals surface area contributed by atoms with Gasteiger partial charge in [0.25, 0.3) is 5.91 Å². The number of methoxy groups -OCH3 is 1. The van der Waals surface area contributed by atoms with Crippen molar-refractivity contribution in [2.24, 2.45) is 0 Å². The van der Waals surface area contributed by atoms with Crippen molar-refractivity contribution < 1.29 is 27.5 Å². The van der Waals surface area contributed by atoms with E-state index in [1.165, 1.54) is 12.1 Å². The Hall–Kier alpha value is -4.79. The molecule has 40 heavy (non-hydrogen) atoms. The van der Waals surface area contributed by atoms with Crippen molar-refractivity contribution in [1.29, 1.82) is 0 Å². The molecule has 3 amide bonds. The molecule has 206 valence electrons. The summed E-state index contributed by atoms with van der Waals surface area (Å²) in [5.74, 6) is 0.536. The first-order valence-corrected chi connectivity index (χ1v) is 12.6. The lowest BCUT2D eigenvalue weighted by atomic mass is 9.95. The number of anilines is 1. The Morgan fingerprint density at radius 2 is 1.38 bits per heavy atom. The van der Waals surface area contributed by atoms with E-state index >= 15 is 0 Å². The number of hydrogen-bond acceptors (Lipinski definition) is 3. The number of carbonyl (C=O) groups excluding carboxylic acids is 2. The number of ether oxygens (including phenoxy) is 1. The molecular weight excluding hydrogens is 519 g/mol. The number of nitrogens with one attached hydrogen (secondary N) is 3. The van der Waals surface area contributed by atoms with Crippen LogP contribution in [0.2, 0.25) is 0 Å². The van der Waals surface area contributed by atoms with Gasteiger partial charge in [0.2, 0.25) is 0 Å². The highest BCUT2D eigenvalue weighted by Crippen LogP contribution is 2.30. The second-order valence-corrected chi connectivity index (χ2v) is 8.90. The number of benzene rings is 4. The molecular formula is C31H28F3N3O3. The van der Waals surface area contributed by atoms with E-state index in [-0.39, 0.29) is 18.1 Å². The number of para-hydroxylation sites is 1. The zero-order valence-corrected chi connectivity index (χ0v) is 21.7. The summed E-state index contributed by atoms with van der Waals surface area (Å²) in [5, 5.41) is 8.24. The van der Waals surface area contributed by atoms with Gasteiger partial charge in [0.05, 0.1) is 12.7 Å². The van der Waals surface area contributed by atoms with Gasteiger partial charge in [-0.25, -0.2) is 4.79 Å². The Morgan fingerprint density at radius 1 is 0.750 bits per heavy atom. The highest BCUT2D eigenvalue weighted by atomic mass is 19.4. The summed E-state index contributed by atoms with van der Waals surface area (Å²) in [5.41, 5.74) is 3.16. The molecule has 0 aromatic heterocycles. The molecule has 0 atom stereocenters. The molecule has 0 aliphatic heterocycles. The Labute approximate surface area is 230 Å². The second kappa shape index (κ2) is 12.8. The maximum atomic E-state index is 13.2. The van der Waals surface area contributed by atoms with E-state index in [9.17, 15) is 22.8 Å². The second-order valence-electron chi connectivity index (χ2n) is 8.90. The molecule has 0 saturated carbocycles. The fourth-order valence-corrected chi connectivity index (χ4v) is 4.26. The zero-order valence-electron chi connectivity index (χ0n) is 21.7. The Balaban J connectivity index is 1.42. The molecule has 0 fully saturated rings. The van der Waals surface area contributed by atoms with Gasteiger partial charge in [-0.05, 0) is 65.1 Å². The number of halogens is 3. The third-order valence-corrected chi connectivity index (χ3v) is 6.26. The molecule has 0 radical (unpaired) electrons. The molecule has 9 heteroatoms. The van der Waals surface area contributed by atoms with E-state index < -0.39 is 17.8 Å². The molecule has 0 aliphatic rings. The number of alkyl halides is 3. The lowest BCUT2D eigenvalue weighted by molar-refractivity contribution is -0.137. The largest absolute Gasteiger partial charge is 0.496 e. The van der Waals surface area contributed by atoms with Gasteiger partial charge in [0.1, 0.15) is 5.75 Å². The molecule has 0 saturated heterocycles. The molecule has 0 aliphatic carbocycles. The van der Waals surface area contributed by atoms with Crippen LogP contribution in [0.5, 0.6) is 5.75 Å². The van der Waals surface area contributed by atoms with Crippen molar-refractivity contribution in [1.82, 2.24) is 10.6 Å². The van der Waals surface area contributed by atoms with Crippen LogP contribution < -0.4 is 20.7 Å². The van der Waals surface area contributed by atoms with Gasteiger partial charge >= 0.3 is 12.2 Å². The lowest BCUT2D eigenvalue weighted by Crippen LogP contribution is -2.28. The van der Waals surface area contributed by atoms with E-state index in [1.807, 2.05) is 60.7 Å². The minimum atomic E-state index is -4.45. The van der Waals surface area contributed by atoms with Crippen LogP contribution in [0.1, 0.15) is 27.0 Å². The molecule has 6 nitrogen and oxygen atoms in total. The molecule has 4 rings (SSSR count). The minimum Gasteiger partial charge on any atom is -0.496 e. The predicted molar refractivity (Wildman–Crippen MR) is 148 cm³/mol. The van der Waals surface area contributed by atoms with E-state index in [1.54, 1.807) is 19.2 Å². The summed E-state index contributed by atoms with van der Waals surface area (Å²) in [4.78, 5) is 25.6. The topological polar surface area (TPSA) is 79.5 Å². The first-order valence-electron chi connectivity index (χ1n) is 12.6. The van der Waals surface area contributed by atoms with Gasteiger partial charge in [-0.3, -0.25) is 4.79 Å². The fourth-order valence-electron chi connectivity index (χ4n) is 4.26. The Bertz CT molecular complexity index is 1470. The highest BCUT2D eigenvalue weighted by molar-refractivity contribution is 6.01.